The van der Waals surface area contributed by atoms with Crippen molar-refractivity contribution in [3.63, 3.8) is 0 Å². The summed E-state index contributed by atoms with van der Waals surface area (Å²) in [6.45, 7) is 1.97. The van der Waals surface area contributed by atoms with E-state index in [0.29, 0.717) is 5.56 Å². The number of carbonyl (C=O) groups excluding carboxylic acids is 1. The molecule has 4 heteroatoms. The van der Waals surface area contributed by atoms with Crippen LogP contribution in [0.2, 0.25) is 0 Å². The first kappa shape index (κ1) is 17.0. The zero-order chi connectivity index (χ0) is 15.5. The Hall–Kier alpha value is -2.10. The van der Waals surface area contributed by atoms with Gasteiger partial charge in [0.05, 0.1) is 6.42 Å². The predicted molar refractivity (Wildman–Crippen MR) is 81.1 cm³/mol. The summed E-state index contributed by atoms with van der Waals surface area (Å²) < 4.78 is 5.06. The van der Waals surface area contributed by atoms with Gasteiger partial charge in [0.1, 0.15) is 12.5 Å². The maximum atomic E-state index is 11.6. The number of carboxylic acids is 1. The van der Waals surface area contributed by atoms with E-state index in [9.17, 15) is 14.7 Å². The van der Waals surface area contributed by atoms with Crippen LogP contribution in [0.4, 0.5) is 0 Å². The van der Waals surface area contributed by atoms with Crippen molar-refractivity contribution in [2.75, 3.05) is 6.61 Å². The molecule has 0 saturated carbocycles. The predicted octanol–water partition coefficient (Wildman–Crippen LogP) is 3.53. The Balaban J connectivity index is 2.42. The van der Waals surface area contributed by atoms with Crippen LogP contribution in [0.15, 0.2) is 42.5 Å². The molecule has 0 aliphatic carbocycles. The van der Waals surface area contributed by atoms with E-state index < -0.39 is 17.9 Å². The topological polar surface area (TPSA) is 63.6 Å². The molecule has 0 saturated heterocycles. The van der Waals surface area contributed by atoms with Crippen LogP contribution >= 0.6 is 0 Å². The van der Waals surface area contributed by atoms with Crippen LogP contribution < -0.4 is 0 Å². The second-order valence-electron chi connectivity index (χ2n) is 4.80. The largest absolute Gasteiger partial charge is 0.481 e. The summed E-state index contributed by atoms with van der Waals surface area (Å²) >= 11 is 0. The lowest BCUT2D eigenvalue weighted by Crippen LogP contribution is -2.19. The maximum Gasteiger partial charge on any atom is 0.314 e. The summed E-state index contributed by atoms with van der Waals surface area (Å²) in [6.07, 6.45) is 7.08. The zero-order valence-corrected chi connectivity index (χ0v) is 12.3. The van der Waals surface area contributed by atoms with Crippen molar-refractivity contribution in [1.82, 2.24) is 0 Å². The van der Waals surface area contributed by atoms with Gasteiger partial charge in [0.25, 0.3) is 0 Å². The number of allylic oxidation sites excluding steroid dienone is 1. The maximum absolute atomic E-state index is 11.6. The number of rotatable bonds is 9. The first-order valence-corrected chi connectivity index (χ1v) is 7.23. The molecular weight excluding hydrogens is 268 g/mol. The lowest BCUT2D eigenvalue weighted by atomic mass is 10.0. The molecule has 1 aromatic carbocycles. The van der Waals surface area contributed by atoms with Gasteiger partial charge in [-0.3, -0.25) is 9.59 Å². The molecule has 0 spiro atoms. The number of carbonyl (C=O) groups is 2. The van der Waals surface area contributed by atoms with E-state index >= 15 is 0 Å². The van der Waals surface area contributed by atoms with E-state index in [-0.39, 0.29) is 13.0 Å². The summed E-state index contributed by atoms with van der Waals surface area (Å²) in [5, 5.41) is 9.21. The molecule has 0 aliphatic rings. The average Bonchev–Trinajstić information content (AvgIpc) is 2.48. The van der Waals surface area contributed by atoms with Gasteiger partial charge in [-0.1, -0.05) is 62.2 Å². The lowest BCUT2D eigenvalue weighted by molar-refractivity contribution is -0.147. The smallest absolute Gasteiger partial charge is 0.314 e. The van der Waals surface area contributed by atoms with E-state index in [4.69, 9.17) is 4.74 Å². The summed E-state index contributed by atoms with van der Waals surface area (Å²) in [5.74, 6) is -2.21. The molecule has 1 rings (SSSR count). The number of hydrogen-bond acceptors (Lipinski definition) is 3. The van der Waals surface area contributed by atoms with E-state index in [0.717, 1.165) is 19.3 Å². The number of ether oxygens (including phenoxy) is 1. The Morgan fingerprint density at radius 1 is 1.24 bits per heavy atom. The molecule has 0 aromatic heterocycles. The third-order valence-corrected chi connectivity index (χ3v) is 3.09. The van der Waals surface area contributed by atoms with Gasteiger partial charge in [-0.2, -0.15) is 0 Å². The average molecular weight is 290 g/mol. The minimum absolute atomic E-state index is 0.138. The van der Waals surface area contributed by atoms with Crippen LogP contribution in [0.25, 0.3) is 0 Å². The monoisotopic (exact) mass is 290 g/mol. The van der Waals surface area contributed by atoms with Gasteiger partial charge in [-0.15, -0.1) is 0 Å². The van der Waals surface area contributed by atoms with Gasteiger partial charge in [0.15, 0.2) is 0 Å². The molecule has 0 aliphatic heterocycles. The highest BCUT2D eigenvalue weighted by Gasteiger charge is 2.21. The second kappa shape index (κ2) is 9.75. The van der Waals surface area contributed by atoms with E-state index in [1.165, 1.54) is 0 Å². The van der Waals surface area contributed by atoms with Crippen molar-refractivity contribution in [2.24, 2.45) is 0 Å². The van der Waals surface area contributed by atoms with Crippen LogP contribution in [0.1, 0.15) is 44.1 Å². The Labute approximate surface area is 125 Å². The minimum atomic E-state index is -0.993. The third-order valence-electron chi connectivity index (χ3n) is 3.09. The van der Waals surface area contributed by atoms with Gasteiger partial charge >= 0.3 is 11.9 Å². The van der Waals surface area contributed by atoms with Gasteiger partial charge in [-0.05, 0) is 12.0 Å². The molecule has 1 unspecified atom stereocenters. The Morgan fingerprint density at radius 2 is 1.95 bits per heavy atom. The zero-order valence-electron chi connectivity index (χ0n) is 12.3. The summed E-state index contributed by atoms with van der Waals surface area (Å²) in [6, 6.07) is 8.79. The summed E-state index contributed by atoms with van der Waals surface area (Å²) in [5.41, 5.74) is 0.635. The fourth-order valence-electron chi connectivity index (χ4n) is 1.85. The van der Waals surface area contributed by atoms with Gasteiger partial charge in [0.2, 0.25) is 0 Å². The molecule has 114 valence electrons. The summed E-state index contributed by atoms with van der Waals surface area (Å²) in [7, 11) is 0. The molecule has 4 nitrogen and oxygen atoms in total. The van der Waals surface area contributed by atoms with Crippen LogP contribution in [0, 0.1) is 0 Å². The molecule has 21 heavy (non-hydrogen) atoms. The van der Waals surface area contributed by atoms with Gasteiger partial charge in [0, 0.05) is 0 Å². The number of hydrogen-bond donors (Lipinski definition) is 1. The van der Waals surface area contributed by atoms with Crippen molar-refractivity contribution >= 4 is 11.9 Å². The van der Waals surface area contributed by atoms with Crippen molar-refractivity contribution in [3.05, 3.63) is 48.0 Å². The number of benzene rings is 1. The Kier molecular flexibility index (Phi) is 7.87. The highest BCUT2D eigenvalue weighted by molar-refractivity contribution is 5.77. The SMILES string of the molecule is CCCC/C=C/CC(=O)OCC(C(=O)O)c1ccccc1. The molecular formula is C17H22O4. The Bertz CT molecular complexity index is 465. The molecule has 1 aromatic rings. The van der Waals surface area contributed by atoms with Crippen molar-refractivity contribution in [2.45, 2.75) is 38.5 Å². The van der Waals surface area contributed by atoms with E-state index in [2.05, 4.69) is 6.92 Å². The highest BCUT2D eigenvalue weighted by atomic mass is 16.5. The summed E-state index contributed by atoms with van der Waals surface area (Å²) in [4.78, 5) is 22.8. The minimum Gasteiger partial charge on any atom is -0.481 e. The third kappa shape index (κ3) is 6.75. The highest BCUT2D eigenvalue weighted by Crippen LogP contribution is 2.16. The van der Waals surface area contributed by atoms with Crippen molar-refractivity contribution < 1.29 is 19.4 Å². The molecule has 0 heterocycles. The first-order valence-electron chi connectivity index (χ1n) is 7.23. The van der Waals surface area contributed by atoms with E-state index in [1.807, 2.05) is 12.1 Å². The van der Waals surface area contributed by atoms with E-state index in [1.54, 1.807) is 30.3 Å². The normalized spacial score (nSPS) is 12.2. The van der Waals surface area contributed by atoms with Crippen molar-refractivity contribution in [3.8, 4) is 0 Å². The number of esters is 1. The molecule has 0 fully saturated rings. The molecule has 1 atom stereocenters. The Morgan fingerprint density at radius 3 is 2.57 bits per heavy atom. The lowest BCUT2D eigenvalue weighted by Gasteiger charge is -2.12. The van der Waals surface area contributed by atoms with Crippen LogP contribution in [-0.4, -0.2) is 23.7 Å². The number of aliphatic carboxylic acids is 1. The van der Waals surface area contributed by atoms with Gasteiger partial charge in [-0.25, -0.2) is 0 Å². The van der Waals surface area contributed by atoms with Crippen LogP contribution in [-0.2, 0) is 14.3 Å². The molecule has 0 bridgehead atoms. The standard InChI is InChI=1S/C17H22O4/c1-2-3-4-5-9-12-16(18)21-13-15(17(19)20)14-10-7-6-8-11-14/h5-11,15H,2-4,12-13H2,1H3,(H,19,20)/b9-5+. The quantitative estimate of drug-likeness (QED) is 0.429. The number of unbranched alkanes of at least 4 members (excludes halogenated alkanes) is 2. The van der Waals surface area contributed by atoms with Crippen LogP contribution in [0.3, 0.4) is 0 Å². The molecule has 1 N–H and O–H groups in total. The van der Waals surface area contributed by atoms with Crippen molar-refractivity contribution in [1.29, 1.82) is 0 Å². The fourth-order valence-corrected chi connectivity index (χ4v) is 1.85. The molecule has 0 amide bonds. The number of carboxylic acid groups (broad SMARTS) is 1. The second-order valence-corrected chi connectivity index (χ2v) is 4.80. The van der Waals surface area contributed by atoms with Gasteiger partial charge < -0.3 is 9.84 Å². The first-order chi connectivity index (χ1) is 10.1. The fraction of sp³-hybridized carbons (Fsp3) is 0.412. The molecule has 0 radical (unpaired) electrons. The van der Waals surface area contributed by atoms with Crippen LogP contribution in [0.5, 0.6) is 0 Å².